The first-order valence-corrected chi connectivity index (χ1v) is 8.38. The van der Waals surface area contributed by atoms with E-state index in [1.807, 2.05) is 54.6 Å². The van der Waals surface area contributed by atoms with E-state index in [0.717, 1.165) is 30.0 Å². The summed E-state index contributed by atoms with van der Waals surface area (Å²) in [5.74, 6) is 0.182. The van der Waals surface area contributed by atoms with Crippen molar-refractivity contribution in [2.75, 3.05) is 23.3 Å². The number of oxazole rings is 1. The van der Waals surface area contributed by atoms with E-state index in [0.29, 0.717) is 5.76 Å². The number of carbonyl (C=O) groups is 1. The minimum atomic E-state index is -0.289. The van der Waals surface area contributed by atoms with Crippen LogP contribution in [0.1, 0.15) is 24.3 Å². The molecule has 0 unspecified atom stereocenters. The van der Waals surface area contributed by atoms with Crippen LogP contribution in [0, 0.1) is 0 Å². The molecule has 25 heavy (non-hydrogen) atoms. The van der Waals surface area contributed by atoms with Gasteiger partial charge in [-0.1, -0.05) is 30.3 Å². The van der Waals surface area contributed by atoms with Crippen molar-refractivity contribution in [3.8, 4) is 11.3 Å². The second-order valence-electron chi connectivity index (χ2n) is 5.57. The second-order valence-corrected chi connectivity index (χ2v) is 5.57. The van der Waals surface area contributed by atoms with Gasteiger partial charge in [-0.2, -0.15) is 0 Å². The number of nitrogens with one attached hydrogen (secondary N) is 1. The molecule has 1 N–H and O–H groups in total. The van der Waals surface area contributed by atoms with Crippen molar-refractivity contribution < 1.29 is 9.21 Å². The fourth-order valence-corrected chi connectivity index (χ4v) is 2.74. The van der Waals surface area contributed by atoms with E-state index in [9.17, 15) is 4.79 Å². The van der Waals surface area contributed by atoms with Crippen molar-refractivity contribution >= 4 is 17.3 Å². The predicted molar refractivity (Wildman–Crippen MR) is 99.9 cm³/mol. The molecule has 0 radical (unpaired) electrons. The van der Waals surface area contributed by atoms with Crippen molar-refractivity contribution in [1.82, 2.24) is 4.98 Å². The first kappa shape index (κ1) is 16.8. The number of nitrogens with zero attached hydrogens (tertiary/aromatic N) is 2. The van der Waals surface area contributed by atoms with Gasteiger partial charge in [0.15, 0.2) is 17.8 Å². The summed E-state index contributed by atoms with van der Waals surface area (Å²) in [6, 6.07) is 17.3. The molecule has 3 aromatic rings. The van der Waals surface area contributed by atoms with Crippen LogP contribution in [-0.2, 0) is 0 Å². The summed E-state index contributed by atoms with van der Waals surface area (Å²) in [4.78, 5) is 18.9. The molecule has 1 aromatic heterocycles. The lowest BCUT2D eigenvalue weighted by atomic mass is 10.1. The number of benzene rings is 2. The Morgan fingerprint density at radius 2 is 1.72 bits per heavy atom. The smallest absolute Gasteiger partial charge is 0.278 e. The van der Waals surface area contributed by atoms with Gasteiger partial charge in [-0.3, -0.25) is 4.79 Å². The lowest BCUT2D eigenvalue weighted by Gasteiger charge is -2.21. The number of carbonyl (C=O) groups excluding carboxylic acids is 1. The third-order valence-corrected chi connectivity index (χ3v) is 4.07. The Bertz CT molecular complexity index is 822. The molecule has 0 saturated heterocycles. The molecule has 0 bridgehead atoms. The molecular formula is C20H21N3O2. The first-order chi connectivity index (χ1) is 12.2. The van der Waals surface area contributed by atoms with Crippen LogP contribution in [0.2, 0.25) is 0 Å². The zero-order valence-corrected chi connectivity index (χ0v) is 14.4. The van der Waals surface area contributed by atoms with Crippen molar-refractivity contribution in [3.63, 3.8) is 0 Å². The van der Waals surface area contributed by atoms with Crippen LogP contribution in [0.25, 0.3) is 11.3 Å². The number of rotatable bonds is 6. The third-order valence-electron chi connectivity index (χ3n) is 4.07. The quantitative estimate of drug-likeness (QED) is 0.723. The van der Waals surface area contributed by atoms with Gasteiger partial charge in [-0.15, -0.1) is 0 Å². The van der Waals surface area contributed by atoms with Gasteiger partial charge in [0.1, 0.15) is 0 Å². The molecule has 0 saturated carbocycles. The highest BCUT2D eigenvalue weighted by Crippen LogP contribution is 2.24. The van der Waals surface area contributed by atoms with E-state index < -0.39 is 0 Å². The molecule has 2 aromatic carbocycles. The number of anilines is 2. The van der Waals surface area contributed by atoms with Crippen LogP contribution >= 0.6 is 0 Å². The Morgan fingerprint density at radius 1 is 1.04 bits per heavy atom. The fourth-order valence-electron chi connectivity index (χ4n) is 2.74. The molecule has 5 nitrogen and oxygen atoms in total. The average molecular weight is 335 g/mol. The summed E-state index contributed by atoms with van der Waals surface area (Å²) in [6.45, 7) is 6.13. The van der Waals surface area contributed by atoms with Crippen molar-refractivity contribution in [2.24, 2.45) is 0 Å². The number of hydrogen-bond acceptors (Lipinski definition) is 4. The van der Waals surface area contributed by atoms with E-state index in [-0.39, 0.29) is 11.6 Å². The zero-order chi connectivity index (χ0) is 17.6. The second kappa shape index (κ2) is 7.66. The minimum Gasteiger partial charge on any atom is -0.443 e. The van der Waals surface area contributed by atoms with Gasteiger partial charge >= 0.3 is 0 Å². The first-order valence-electron chi connectivity index (χ1n) is 8.38. The molecule has 0 aliphatic heterocycles. The van der Waals surface area contributed by atoms with Gasteiger partial charge in [0.05, 0.1) is 0 Å². The third kappa shape index (κ3) is 3.71. The number of aromatic nitrogens is 1. The van der Waals surface area contributed by atoms with E-state index in [1.165, 1.54) is 6.39 Å². The Morgan fingerprint density at radius 3 is 2.36 bits per heavy atom. The van der Waals surface area contributed by atoms with Gasteiger partial charge in [0.2, 0.25) is 0 Å². The maximum Gasteiger partial charge on any atom is 0.278 e. The monoisotopic (exact) mass is 335 g/mol. The molecule has 0 atom stereocenters. The molecule has 0 aliphatic carbocycles. The molecule has 0 fully saturated rings. The topological polar surface area (TPSA) is 58.4 Å². The van der Waals surface area contributed by atoms with Crippen molar-refractivity contribution in [1.29, 1.82) is 0 Å². The molecular weight excluding hydrogens is 314 g/mol. The fraction of sp³-hybridized carbons (Fsp3) is 0.200. The van der Waals surface area contributed by atoms with Crippen LogP contribution in [0.5, 0.6) is 0 Å². The number of amides is 1. The normalized spacial score (nSPS) is 10.5. The van der Waals surface area contributed by atoms with Crippen molar-refractivity contribution in [3.05, 3.63) is 66.7 Å². The average Bonchev–Trinajstić information content (AvgIpc) is 3.15. The lowest BCUT2D eigenvalue weighted by Crippen LogP contribution is -2.21. The molecule has 3 rings (SSSR count). The van der Waals surface area contributed by atoms with Crippen molar-refractivity contribution in [2.45, 2.75) is 13.8 Å². The van der Waals surface area contributed by atoms with Crippen LogP contribution in [-0.4, -0.2) is 24.0 Å². The number of hydrogen-bond donors (Lipinski definition) is 1. The van der Waals surface area contributed by atoms with Crippen LogP contribution in [0.3, 0.4) is 0 Å². The lowest BCUT2D eigenvalue weighted by molar-refractivity contribution is 0.102. The highest BCUT2D eigenvalue weighted by molar-refractivity contribution is 6.06. The van der Waals surface area contributed by atoms with Gasteiger partial charge < -0.3 is 14.6 Å². The standard InChI is InChI=1S/C20H21N3O2/c1-3-23(4-2)17-12-10-16(11-13-17)22-20(24)18-19(25-14-21-18)15-8-6-5-7-9-15/h5-14H,3-4H2,1-2H3,(H,22,24). The maximum atomic E-state index is 12.6. The highest BCUT2D eigenvalue weighted by atomic mass is 16.3. The predicted octanol–water partition coefficient (Wildman–Crippen LogP) is 4.44. The largest absolute Gasteiger partial charge is 0.443 e. The Kier molecular flexibility index (Phi) is 5.14. The van der Waals surface area contributed by atoms with Gasteiger partial charge in [-0.05, 0) is 38.1 Å². The maximum absolute atomic E-state index is 12.6. The Labute approximate surface area is 147 Å². The molecule has 0 aliphatic rings. The van der Waals surface area contributed by atoms with Crippen LogP contribution in [0.4, 0.5) is 11.4 Å². The SMILES string of the molecule is CCN(CC)c1ccc(NC(=O)c2ncoc2-c2ccccc2)cc1. The summed E-state index contributed by atoms with van der Waals surface area (Å²) in [7, 11) is 0. The summed E-state index contributed by atoms with van der Waals surface area (Å²) in [6.07, 6.45) is 1.29. The summed E-state index contributed by atoms with van der Waals surface area (Å²) in [5.41, 5.74) is 2.96. The Hall–Kier alpha value is -3.08. The highest BCUT2D eigenvalue weighted by Gasteiger charge is 2.18. The van der Waals surface area contributed by atoms with Crippen LogP contribution < -0.4 is 10.2 Å². The summed E-state index contributed by atoms with van der Waals surface area (Å²) >= 11 is 0. The van der Waals surface area contributed by atoms with E-state index in [1.54, 1.807) is 0 Å². The van der Waals surface area contributed by atoms with Crippen LogP contribution in [0.15, 0.2) is 65.4 Å². The zero-order valence-electron chi connectivity index (χ0n) is 14.4. The van der Waals surface area contributed by atoms with Gasteiger partial charge in [0.25, 0.3) is 5.91 Å². The van der Waals surface area contributed by atoms with E-state index in [2.05, 4.69) is 29.0 Å². The molecule has 5 heteroatoms. The van der Waals surface area contributed by atoms with Gasteiger partial charge in [-0.25, -0.2) is 4.98 Å². The molecule has 128 valence electrons. The van der Waals surface area contributed by atoms with E-state index in [4.69, 9.17) is 4.42 Å². The summed E-state index contributed by atoms with van der Waals surface area (Å²) < 4.78 is 5.41. The molecule has 1 amide bonds. The minimum absolute atomic E-state index is 0.277. The Balaban J connectivity index is 1.76. The molecule has 1 heterocycles. The summed E-state index contributed by atoms with van der Waals surface area (Å²) in [5, 5.41) is 2.88. The molecule has 0 spiro atoms. The van der Waals surface area contributed by atoms with Gasteiger partial charge in [0, 0.05) is 30.0 Å². The van der Waals surface area contributed by atoms with E-state index >= 15 is 0 Å².